The Kier molecular flexibility index (Phi) is 7.70. The van der Waals surface area contributed by atoms with E-state index in [1.165, 1.54) is 5.48 Å². The molecule has 9 heteroatoms. The smallest absolute Gasteiger partial charge is 0.272 e. The summed E-state index contributed by atoms with van der Waals surface area (Å²) in [6.07, 6.45) is 0.308. The lowest BCUT2D eigenvalue weighted by Crippen LogP contribution is -2.58. The van der Waals surface area contributed by atoms with Gasteiger partial charge in [-0.1, -0.05) is 13.8 Å². The molecule has 0 aromatic heterocycles. The first-order valence-electron chi connectivity index (χ1n) is 8.42. The van der Waals surface area contributed by atoms with Gasteiger partial charge in [-0.25, -0.2) is 5.48 Å². The van der Waals surface area contributed by atoms with E-state index in [0.717, 1.165) is 12.8 Å². The number of aliphatic hydroxyl groups excluding tert-OH is 1. The van der Waals surface area contributed by atoms with E-state index >= 15 is 0 Å². The molecule has 0 spiro atoms. The van der Waals surface area contributed by atoms with E-state index in [1.807, 2.05) is 13.8 Å². The predicted molar refractivity (Wildman–Crippen MR) is 95.0 cm³/mol. The zero-order chi connectivity index (χ0) is 19.4. The van der Waals surface area contributed by atoms with Crippen LogP contribution in [-0.2, 0) is 14.4 Å². The molecule has 0 radical (unpaired) electrons. The topological polar surface area (TPSA) is 128 Å². The Bertz CT molecular complexity index is 502. The Hall–Kier alpha value is -1.32. The summed E-state index contributed by atoms with van der Waals surface area (Å²) in [7, 11) is 0. The number of aliphatic hydroxyl groups is 1. The minimum atomic E-state index is -1.72. The standard InChI is InChI=1S/C16H29N3O5S/c1-8(2)7-10(11(20)14(22)19-24)13(21)18-12(16(3,4)25)15(23)17-9-5-6-9/h8-12,20,24-25H,5-7H2,1-4H3,(H,17,23)(H,18,21)(H,19,22)/t10-,11+,12-/m1/s1. The van der Waals surface area contributed by atoms with Gasteiger partial charge in [0.05, 0.1) is 5.92 Å². The maximum Gasteiger partial charge on any atom is 0.272 e. The lowest BCUT2D eigenvalue weighted by molar-refractivity contribution is -0.147. The molecule has 1 aliphatic rings. The molecule has 25 heavy (non-hydrogen) atoms. The van der Waals surface area contributed by atoms with Crippen LogP contribution in [0.1, 0.15) is 47.0 Å². The number of hydrogen-bond donors (Lipinski definition) is 6. The van der Waals surface area contributed by atoms with Crippen molar-refractivity contribution in [2.24, 2.45) is 11.8 Å². The molecular formula is C16H29N3O5S. The molecular weight excluding hydrogens is 346 g/mol. The second kappa shape index (κ2) is 8.86. The van der Waals surface area contributed by atoms with Gasteiger partial charge >= 0.3 is 0 Å². The van der Waals surface area contributed by atoms with E-state index in [1.54, 1.807) is 13.8 Å². The van der Waals surface area contributed by atoms with Gasteiger partial charge in [0.15, 0.2) is 0 Å². The van der Waals surface area contributed by atoms with Crippen molar-refractivity contribution in [3.8, 4) is 0 Å². The average Bonchev–Trinajstić information content (AvgIpc) is 3.30. The molecule has 0 aromatic rings. The normalized spacial score (nSPS) is 18.2. The number of rotatable bonds is 9. The Labute approximate surface area is 153 Å². The molecule has 8 nitrogen and oxygen atoms in total. The molecule has 5 N–H and O–H groups in total. The van der Waals surface area contributed by atoms with Crippen molar-refractivity contribution < 1.29 is 24.7 Å². The molecule has 1 aliphatic carbocycles. The van der Waals surface area contributed by atoms with Gasteiger partial charge in [-0.05, 0) is 39.0 Å². The summed E-state index contributed by atoms with van der Waals surface area (Å²) >= 11 is 4.40. The summed E-state index contributed by atoms with van der Waals surface area (Å²) in [6, 6.07) is -0.803. The third kappa shape index (κ3) is 6.83. The summed E-state index contributed by atoms with van der Waals surface area (Å²) < 4.78 is -0.846. The molecule has 0 saturated heterocycles. The van der Waals surface area contributed by atoms with Crippen LogP contribution in [0.5, 0.6) is 0 Å². The summed E-state index contributed by atoms with van der Waals surface area (Å²) in [5.74, 6) is -3.13. The predicted octanol–water partition coefficient (Wildman–Crippen LogP) is -0.0132. The average molecular weight is 375 g/mol. The third-order valence-electron chi connectivity index (χ3n) is 4.00. The van der Waals surface area contributed by atoms with Gasteiger partial charge in [-0.3, -0.25) is 19.6 Å². The van der Waals surface area contributed by atoms with Crippen molar-refractivity contribution in [2.75, 3.05) is 0 Å². The first-order chi connectivity index (χ1) is 11.5. The minimum absolute atomic E-state index is 0.0136. The molecule has 3 atom stereocenters. The van der Waals surface area contributed by atoms with Gasteiger partial charge in [0.25, 0.3) is 5.91 Å². The van der Waals surface area contributed by atoms with E-state index in [2.05, 4.69) is 23.3 Å². The SMILES string of the molecule is CC(C)C[C@@H](C(=O)N[C@H](C(=O)NC1CC1)C(C)(C)S)[C@H](O)C(=O)NO. The zero-order valence-electron chi connectivity index (χ0n) is 15.1. The second-order valence-electron chi connectivity index (χ2n) is 7.54. The zero-order valence-corrected chi connectivity index (χ0v) is 16.0. The number of amides is 3. The van der Waals surface area contributed by atoms with Crippen molar-refractivity contribution in [3.05, 3.63) is 0 Å². The van der Waals surface area contributed by atoms with Crippen LogP contribution < -0.4 is 16.1 Å². The van der Waals surface area contributed by atoms with Crippen molar-refractivity contribution >= 4 is 30.4 Å². The summed E-state index contributed by atoms with van der Waals surface area (Å²) in [6.45, 7) is 7.07. The highest BCUT2D eigenvalue weighted by atomic mass is 32.1. The van der Waals surface area contributed by atoms with Crippen molar-refractivity contribution in [1.29, 1.82) is 0 Å². The van der Waals surface area contributed by atoms with Gasteiger partial charge < -0.3 is 15.7 Å². The molecule has 144 valence electrons. The fraction of sp³-hybridized carbons (Fsp3) is 0.812. The number of hydrogen-bond acceptors (Lipinski definition) is 6. The lowest BCUT2D eigenvalue weighted by Gasteiger charge is -2.32. The van der Waals surface area contributed by atoms with Crippen LogP contribution in [0.15, 0.2) is 0 Å². The van der Waals surface area contributed by atoms with Gasteiger partial charge in [0.1, 0.15) is 12.1 Å². The fourth-order valence-corrected chi connectivity index (χ4v) is 2.64. The Balaban J connectivity index is 2.91. The second-order valence-corrected chi connectivity index (χ2v) is 8.69. The van der Waals surface area contributed by atoms with Crippen LogP contribution in [-0.4, -0.2) is 51.0 Å². The molecule has 0 aromatic carbocycles. The Morgan fingerprint density at radius 1 is 1.16 bits per heavy atom. The Morgan fingerprint density at radius 3 is 2.12 bits per heavy atom. The minimum Gasteiger partial charge on any atom is -0.382 e. The fourth-order valence-electron chi connectivity index (χ4n) is 2.46. The molecule has 1 rings (SSSR count). The highest BCUT2D eigenvalue weighted by Gasteiger charge is 2.40. The first kappa shape index (κ1) is 21.7. The lowest BCUT2D eigenvalue weighted by atomic mass is 9.90. The van der Waals surface area contributed by atoms with Gasteiger partial charge in [-0.15, -0.1) is 0 Å². The highest BCUT2D eigenvalue weighted by Crippen LogP contribution is 2.24. The van der Waals surface area contributed by atoms with Crippen LogP contribution in [0.2, 0.25) is 0 Å². The molecule has 3 amide bonds. The van der Waals surface area contributed by atoms with Crippen molar-refractivity contribution in [1.82, 2.24) is 16.1 Å². The third-order valence-corrected chi connectivity index (χ3v) is 4.26. The van der Waals surface area contributed by atoms with Gasteiger partial charge in [0.2, 0.25) is 11.8 Å². The monoisotopic (exact) mass is 375 g/mol. The largest absolute Gasteiger partial charge is 0.382 e. The van der Waals surface area contributed by atoms with Crippen LogP contribution in [0.4, 0.5) is 0 Å². The number of carbonyl (C=O) groups excluding carboxylic acids is 3. The van der Waals surface area contributed by atoms with Crippen LogP contribution in [0.3, 0.4) is 0 Å². The maximum absolute atomic E-state index is 12.7. The molecule has 0 unspecified atom stereocenters. The van der Waals surface area contributed by atoms with Crippen LogP contribution in [0.25, 0.3) is 0 Å². The maximum atomic E-state index is 12.7. The summed E-state index contributed by atoms with van der Waals surface area (Å²) in [5, 5.41) is 24.2. The van der Waals surface area contributed by atoms with Crippen molar-refractivity contribution in [2.45, 2.75) is 69.9 Å². The number of nitrogens with one attached hydrogen (secondary N) is 3. The quantitative estimate of drug-likeness (QED) is 0.192. The van der Waals surface area contributed by atoms with Gasteiger partial charge in [0, 0.05) is 10.8 Å². The van der Waals surface area contributed by atoms with E-state index in [-0.39, 0.29) is 24.3 Å². The number of hydroxylamine groups is 1. The molecule has 0 bridgehead atoms. The number of thiol groups is 1. The highest BCUT2D eigenvalue weighted by molar-refractivity contribution is 7.81. The van der Waals surface area contributed by atoms with E-state index in [0.29, 0.717) is 0 Å². The van der Waals surface area contributed by atoms with E-state index in [4.69, 9.17) is 5.21 Å². The summed E-state index contributed by atoms with van der Waals surface area (Å²) in [4.78, 5) is 36.6. The van der Waals surface area contributed by atoms with Crippen LogP contribution >= 0.6 is 12.6 Å². The molecule has 0 heterocycles. The Morgan fingerprint density at radius 2 is 1.72 bits per heavy atom. The van der Waals surface area contributed by atoms with E-state index < -0.39 is 34.6 Å². The van der Waals surface area contributed by atoms with Crippen LogP contribution in [0, 0.1) is 11.8 Å². The number of carbonyl (C=O) groups is 3. The molecule has 0 aliphatic heterocycles. The van der Waals surface area contributed by atoms with Gasteiger partial charge in [-0.2, -0.15) is 12.6 Å². The van der Waals surface area contributed by atoms with Crippen molar-refractivity contribution in [3.63, 3.8) is 0 Å². The molecule has 1 fully saturated rings. The first-order valence-corrected chi connectivity index (χ1v) is 8.87. The molecule has 1 saturated carbocycles. The summed E-state index contributed by atoms with van der Waals surface area (Å²) in [5.41, 5.74) is 1.35. The van der Waals surface area contributed by atoms with E-state index in [9.17, 15) is 19.5 Å².